The van der Waals surface area contributed by atoms with Crippen LogP contribution in [0.25, 0.3) is 0 Å². The van der Waals surface area contributed by atoms with Crippen molar-refractivity contribution in [1.82, 2.24) is 0 Å². The second-order valence-electron chi connectivity index (χ2n) is 2.78. The van der Waals surface area contributed by atoms with Gasteiger partial charge in [0.15, 0.2) is 5.17 Å². The molecular formula is C9H9BrClN3S. The molecule has 0 radical (unpaired) electrons. The molecule has 0 amide bonds. The smallest absolute Gasteiger partial charge is 0.180 e. The van der Waals surface area contributed by atoms with Crippen molar-refractivity contribution in [3.63, 3.8) is 0 Å². The highest BCUT2D eigenvalue weighted by atomic mass is 79.9. The molecule has 80 valence electrons. The number of hydrogen-bond donors (Lipinski definition) is 1. The molecule has 0 fully saturated rings. The molecule has 0 saturated carbocycles. The van der Waals surface area contributed by atoms with Gasteiger partial charge in [-0.15, -0.1) is 22.1 Å². The lowest BCUT2D eigenvalue weighted by molar-refractivity contribution is 1.22. The molecule has 1 aromatic carbocycles. The molecule has 0 unspecified atom stereocenters. The standard InChI is InChI=1S/C9H8ClN3S.BrH/c10-7-3-1-2-6(4-7)8-5-14-9(11)13-12-8;/h1-4H,5H2,(H2,11,13);1H. The summed E-state index contributed by atoms with van der Waals surface area (Å²) in [6.45, 7) is 0. The summed E-state index contributed by atoms with van der Waals surface area (Å²) in [6.07, 6.45) is 0. The van der Waals surface area contributed by atoms with Gasteiger partial charge in [-0.1, -0.05) is 35.5 Å². The molecule has 3 nitrogen and oxygen atoms in total. The second kappa shape index (κ2) is 5.53. The fourth-order valence-corrected chi connectivity index (χ4v) is 1.92. The molecule has 1 aromatic rings. The van der Waals surface area contributed by atoms with Gasteiger partial charge in [0.25, 0.3) is 0 Å². The summed E-state index contributed by atoms with van der Waals surface area (Å²) in [5.74, 6) is 0.746. The lowest BCUT2D eigenvalue weighted by atomic mass is 10.1. The van der Waals surface area contributed by atoms with Crippen LogP contribution in [0.15, 0.2) is 34.5 Å². The Hall–Kier alpha value is -0.520. The number of nitrogens with zero attached hydrogens (tertiary/aromatic N) is 2. The van der Waals surface area contributed by atoms with E-state index >= 15 is 0 Å². The maximum Gasteiger partial charge on any atom is 0.180 e. The monoisotopic (exact) mass is 305 g/mol. The van der Waals surface area contributed by atoms with Crippen LogP contribution in [0.2, 0.25) is 5.02 Å². The Bertz CT molecular complexity index is 420. The number of amidine groups is 1. The largest absolute Gasteiger partial charge is 0.377 e. The van der Waals surface area contributed by atoms with Crippen LogP contribution in [0.3, 0.4) is 0 Å². The van der Waals surface area contributed by atoms with Crippen molar-refractivity contribution in [2.75, 3.05) is 5.75 Å². The van der Waals surface area contributed by atoms with Gasteiger partial charge in [0.1, 0.15) is 0 Å². The van der Waals surface area contributed by atoms with Gasteiger partial charge in [0.2, 0.25) is 0 Å². The van der Waals surface area contributed by atoms with E-state index in [0.29, 0.717) is 10.2 Å². The Morgan fingerprint density at radius 2 is 2.13 bits per heavy atom. The molecule has 0 aliphatic carbocycles. The van der Waals surface area contributed by atoms with E-state index in [1.165, 1.54) is 11.8 Å². The van der Waals surface area contributed by atoms with Crippen molar-refractivity contribution in [2.45, 2.75) is 0 Å². The van der Waals surface area contributed by atoms with Crippen LogP contribution >= 0.6 is 40.3 Å². The summed E-state index contributed by atoms with van der Waals surface area (Å²) in [5, 5.41) is 9.06. The van der Waals surface area contributed by atoms with Gasteiger partial charge in [0.05, 0.1) is 5.71 Å². The average Bonchev–Trinajstić information content (AvgIpc) is 2.19. The van der Waals surface area contributed by atoms with Gasteiger partial charge in [-0.05, 0) is 12.1 Å². The van der Waals surface area contributed by atoms with Gasteiger partial charge in [-0.25, -0.2) is 0 Å². The van der Waals surface area contributed by atoms with Crippen LogP contribution in [0.4, 0.5) is 0 Å². The molecule has 2 N–H and O–H groups in total. The first kappa shape index (κ1) is 12.5. The van der Waals surface area contributed by atoms with E-state index in [4.69, 9.17) is 17.3 Å². The zero-order chi connectivity index (χ0) is 9.97. The zero-order valence-corrected chi connectivity index (χ0v) is 11.0. The SMILES string of the molecule is Br.NC1=NN=C(c2cccc(Cl)c2)CS1. The molecule has 0 spiro atoms. The molecule has 1 heterocycles. The highest BCUT2D eigenvalue weighted by Gasteiger charge is 2.09. The molecule has 6 heteroatoms. The number of thioether (sulfide) groups is 1. The number of benzene rings is 1. The predicted octanol–water partition coefficient (Wildman–Crippen LogP) is 2.68. The summed E-state index contributed by atoms with van der Waals surface area (Å²) in [5.41, 5.74) is 7.39. The van der Waals surface area contributed by atoms with Crippen LogP contribution in [0, 0.1) is 0 Å². The van der Waals surface area contributed by atoms with Crippen LogP contribution < -0.4 is 5.73 Å². The fraction of sp³-hybridized carbons (Fsp3) is 0.111. The molecule has 1 aliphatic heterocycles. The molecule has 0 saturated heterocycles. The Morgan fingerprint density at radius 1 is 1.33 bits per heavy atom. The van der Waals surface area contributed by atoms with Crippen molar-refractivity contribution in [3.8, 4) is 0 Å². The first-order valence-electron chi connectivity index (χ1n) is 4.04. The molecule has 15 heavy (non-hydrogen) atoms. The van der Waals surface area contributed by atoms with E-state index in [1.54, 1.807) is 0 Å². The lowest BCUT2D eigenvalue weighted by Crippen LogP contribution is -2.16. The number of hydrogen-bond acceptors (Lipinski definition) is 4. The molecule has 2 rings (SSSR count). The van der Waals surface area contributed by atoms with Gasteiger partial charge in [-0.3, -0.25) is 0 Å². The Kier molecular flexibility index (Phi) is 4.63. The van der Waals surface area contributed by atoms with Gasteiger partial charge in [0, 0.05) is 16.3 Å². The minimum Gasteiger partial charge on any atom is -0.377 e. The lowest BCUT2D eigenvalue weighted by Gasteiger charge is -2.08. The number of rotatable bonds is 1. The van der Waals surface area contributed by atoms with Crippen molar-refractivity contribution in [3.05, 3.63) is 34.9 Å². The van der Waals surface area contributed by atoms with Crippen molar-refractivity contribution < 1.29 is 0 Å². The normalized spacial score (nSPS) is 15.0. The summed E-state index contributed by atoms with van der Waals surface area (Å²) in [4.78, 5) is 0. The van der Waals surface area contributed by atoms with E-state index in [-0.39, 0.29) is 17.0 Å². The van der Waals surface area contributed by atoms with E-state index in [1.807, 2.05) is 24.3 Å². The van der Waals surface area contributed by atoms with Crippen molar-refractivity contribution in [1.29, 1.82) is 0 Å². The molecule has 0 aromatic heterocycles. The first-order valence-corrected chi connectivity index (χ1v) is 5.41. The van der Waals surface area contributed by atoms with Crippen LogP contribution in [0.5, 0.6) is 0 Å². The van der Waals surface area contributed by atoms with Crippen LogP contribution in [-0.2, 0) is 0 Å². The van der Waals surface area contributed by atoms with Crippen molar-refractivity contribution >= 4 is 51.2 Å². The summed E-state index contributed by atoms with van der Waals surface area (Å²) < 4.78 is 0. The van der Waals surface area contributed by atoms with E-state index in [0.717, 1.165) is 17.0 Å². The summed E-state index contributed by atoms with van der Waals surface area (Å²) >= 11 is 7.35. The minimum atomic E-state index is 0. The summed E-state index contributed by atoms with van der Waals surface area (Å²) in [6, 6.07) is 7.56. The number of nitrogens with two attached hydrogens (primary N) is 1. The molecule has 1 aliphatic rings. The van der Waals surface area contributed by atoms with Gasteiger partial charge in [-0.2, -0.15) is 5.10 Å². The molecule has 0 atom stereocenters. The minimum absolute atomic E-state index is 0. The third-order valence-electron chi connectivity index (χ3n) is 1.78. The first-order chi connectivity index (χ1) is 6.75. The average molecular weight is 307 g/mol. The van der Waals surface area contributed by atoms with E-state index in [2.05, 4.69) is 10.2 Å². The van der Waals surface area contributed by atoms with Crippen LogP contribution in [-0.4, -0.2) is 16.6 Å². The highest BCUT2D eigenvalue weighted by Crippen LogP contribution is 2.16. The van der Waals surface area contributed by atoms with E-state index < -0.39 is 0 Å². The third kappa shape index (κ3) is 3.22. The highest BCUT2D eigenvalue weighted by molar-refractivity contribution is 8.93. The quantitative estimate of drug-likeness (QED) is 0.867. The second-order valence-corrected chi connectivity index (χ2v) is 4.22. The fourth-order valence-electron chi connectivity index (χ4n) is 1.12. The van der Waals surface area contributed by atoms with E-state index in [9.17, 15) is 0 Å². The Labute approximate surface area is 108 Å². The number of halogens is 2. The van der Waals surface area contributed by atoms with Crippen molar-refractivity contribution in [2.24, 2.45) is 15.9 Å². The molecular weight excluding hydrogens is 298 g/mol. The van der Waals surface area contributed by atoms with Gasteiger partial charge < -0.3 is 5.73 Å². The maximum absolute atomic E-state index is 5.87. The topological polar surface area (TPSA) is 50.7 Å². The Balaban J connectivity index is 0.00000112. The Morgan fingerprint density at radius 3 is 2.73 bits per heavy atom. The van der Waals surface area contributed by atoms with Crippen LogP contribution in [0.1, 0.15) is 5.56 Å². The third-order valence-corrected chi connectivity index (χ3v) is 2.81. The van der Waals surface area contributed by atoms with Gasteiger partial charge >= 0.3 is 0 Å². The molecule has 0 bridgehead atoms. The summed E-state index contributed by atoms with van der Waals surface area (Å²) in [7, 11) is 0. The predicted molar refractivity (Wildman–Crippen MR) is 72.4 cm³/mol. The maximum atomic E-state index is 5.87. The zero-order valence-electron chi connectivity index (χ0n) is 7.68.